The van der Waals surface area contributed by atoms with Gasteiger partial charge in [-0.1, -0.05) is 24.6 Å². The Labute approximate surface area is 158 Å². The van der Waals surface area contributed by atoms with Crippen LogP contribution in [-0.4, -0.2) is 46.1 Å². The minimum atomic E-state index is -0.136. The van der Waals surface area contributed by atoms with Crippen molar-refractivity contribution in [1.29, 1.82) is 0 Å². The van der Waals surface area contributed by atoms with Gasteiger partial charge in [0.15, 0.2) is 0 Å². The van der Waals surface area contributed by atoms with E-state index in [2.05, 4.69) is 10.4 Å². The van der Waals surface area contributed by atoms with E-state index in [4.69, 9.17) is 11.6 Å². The molecule has 2 aromatic rings. The predicted molar refractivity (Wildman–Crippen MR) is 101 cm³/mol. The average Bonchev–Trinajstić information content (AvgIpc) is 3.24. The summed E-state index contributed by atoms with van der Waals surface area (Å²) in [4.78, 5) is 26.0. The maximum Gasteiger partial charge on any atom is 0.254 e. The van der Waals surface area contributed by atoms with Crippen molar-refractivity contribution in [3.63, 3.8) is 0 Å². The molecule has 0 bridgehead atoms. The van der Waals surface area contributed by atoms with Gasteiger partial charge in [-0.25, -0.2) is 4.68 Å². The van der Waals surface area contributed by atoms with Crippen LogP contribution in [0.1, 0.15) is 42.2 Å². The number of hydrogen-bond acceptors (Lipinski definition) is 3. The fourth-order valence-electron chi connectivity index (χ4n) is 3.24. The SMILES string of the molecule is CCc1c(C(=O)NCCCN2CCCC2=O)cnn1-c1cccc(Cl)c1. The molecular formula is C19H23ClN4O2. The van der Waals surface area contributed by atoms with Crippen LogP contribution in [0.2, 0.25) is 5.02 Å². The highest BCUT2D eigenvalue weighted by Gasteiger charge is 2.20. The van der Waals surface area contributed by atoms with Gasteiger partial charge in [0.1, 0.15) is 0 Å². The first-order valence-corrected chi connectivity index (χ1v) is 9.36. The number of halogens is 1. The highest BCUT2D eigenvalue weighted by atomic mass is 35.5. The Morgan fingerprint density at radius 3 is 2.92 bits per heavy atom. The standard InChI is InChI=1S/C19H23ClN4O2/c1-2-17-16(13-22-24(17)15-7-3-6-14(20)12-15)19(26)21-9-5-11-23-10-4-8-18(23)25/h3,6-7,12-13H,2,4-5,8-11H2,1H3,(H,21,26). The summed E-state index contributed by atoms with van der Waals surface area (Å²) in [6.07, 6.45) is 4.61. The predicted octanol–water partition coefficient (Wildman–Crippen LogP) is 2.83. The smallest absolute Gasteiger partial charge is 0.254 e. The van der Waals surface area contributed by atoms with Crippen LogP contribution in [0, 0.1) is 0 Å². The largest absolute Gasteiger partial charge is 0.352 e. The van der Waals surface area contributed by atoms with Gasteiger partial charge in [-0.2, -0.15) is 5.10 Å². The van der Waals surface area contributed by atoms with Gasteiger partial charge >= 0.3 is 0 Å². The average molecular weight is 375 g/mol. The number of hydrogen-bond donors (Lipinski definition) is 1. The lowest BCUT2D eigenvalue weighted by Crippen LogP contribution is -2.30. The zero-order chi connectivity index (χ0) is 18.5. The lowest BCUT2D eigenvalue weighted by Gasteiger charge is -2.15. The molecule has 1 aromatic heterocycles. The van der Waals surface area contributed by atoms with Crippen molar-refractivity contribution >= 4 is 23.4 Å². The highest BCUT2D eigenvalue weighted by Crippen LogP contribution is 2.19. The van der Waals surface area contributed by atoms with Crippen LogP contribution < -0.4 is 5.32 Å². The fraction of sp³-hybridized carbons (Fsp3) is 0.421. The molecule has 1 saturated heterocycles. The van der Waals surface area contributed by atoms with E-state index in [0.29, 0.717) is 36.5 Å². The van der Waals surface area contributed by atoms with Gasteiger partial charge in [-0.15, -0.1) is 0 Å². The molecule has 1 aliphatic rings. The van der Waals surface area contributed by atoms with E-state index < -0.39 is 0 Å². The lowest BCUT2D eigenvalue weighted by molar-refractivity contribution is -0.127. The number of amides is 2. The molecule has 3 rings (SSSR count). The van der Waals surface area contributed by atoms with Crippen LogP contribution >= 0.6 is 11.6 Å². The van der Waals surface area contributed by atoms with E-state index in [0.717, 1.165) is 30.8 Å². The molecule has 7 heteroatoms. The molecule has 1 aromatic carbocycles. The normalized spacial score (nSPS) is 14.1. The van der Waals surface area contributed by atoms with Gasteiger partial charge in [-0.3, -0.25) is 9.59 Å². The van der Waals surface area contributed by atoms with Crippen molar-refractivity contribution in [1.82, 2.24) is 20.0 Å². The third-order valence-corrected chi connectivity index (χ3v) is 4.80. The zero-order valence-electron chi connectivity index (χ0n) is 14.9. The van der Waals surface area contributed by atoms with Crippen LogP contribution in [0.4, 0.5) is 0 Å². The van der Waals surface area contributed by atoms with Gasteiger partial charge < -0.3 is 10.2 Å². The molecule has 6 nitrogen and oxygen atoms in total. The fourth-order valence-corrected chi connectivity index (χ4v) is 3.43. The van der Waals surface area contributed by atoms with Crippen molar-refractivity contribution in [3.05, 3.63) is 46.7 Å². The molecule has 26 heavy (non-hydrogen) atoms. The maximum absolute atomic E-state index is 12.5. The Balaban J connectivity index is 1.61. The summed E-state index contributed by atoms with van der Waals surface area (Å²) >= 11 is 6.06. The molecule has 138 valence electrons. The first-order valence-electron chi connectivity index (χ1n) is 8.99. The lowest BCUT2D eigenvalue weighted by atomic mass is 10.2. The zero-order valence-corrected chi connectivity index (χ0v) is 15.6. The Hall–Kier alpha value is -2.34. The molecule has 0 atom stereocenters. The molecule has 1 aliphatic heterocycles. The number of rotatable bonds is 7. The second kappa shape index (κ2) is 8.36. The molecule has 0 unspecified atom stereocenters. The number of aromatic nitrogens is 2. The number of likely N-dealkylation sites (tertiary alicyclic amines) is 1. The van der Waals surface area contributed by atoms with Gasteiger partial charge in [-0.05, 0) is 37.5 Å². The molecule has 1 N–H and O–H groups in total. The van der Waals surface area contributed by atoms with Crippen LogP contribution in [0.15, 0.2) is 30.5 Å². The Morgan fingerprint density at radius 2 is 2.23 bits per heavy atom. The molecule has 1 fully saturated rings. The summed E-state index contributed by atoms with van der Waals surface area (Å²) in [5.41, 5.74) is 2.25. The Morgan fingerprint density at radius 1 is 1.38 bits per heavy atom. The summed E-state index contributed by atoms with van der Waals surface area (Å²) < 4.78 is 1.75. The summed E-state index contributed by atoms with van der Waals surface area (Å²) in [5.74, 6) is 0.0790. The van der Waals surface area contributed by atoms with Crippen molar-refractivity contribution in [2.75, 3.05) is 19.6 Å². The van der Waals surface area contributed by atoms with Crippen LogP contribution in [-0.2, 0) is 11.2 Å². The van der Waals surface area contributed by atoms with E-state index in [9.17, 15) is 9.59 Å². The van der Waals surface area contributed by atoms with Crippen LogP contribution in [0.25, 0.3) is 5.69 Å². The van der Waals surface area contributed by atoms with Crippen LogP contribution in [0.3, 0.4) is 0 Å². The van der Waals surface area contributed by atoms with E-state index in [1.165, 1.54) is 0 Å². The van der Waals surface area contributed by atoms with E-state index in [1.807, 2.05) is 30.0 Å². The van der Waals surface area contributed by atoms with Gasteiger partial charge in [0, 0.05) is 31.1 Å². The Bertz CT molecular complexity index is 803. The van der Waals surface area contributed by atoms with Gasteiger partial charge in [0.2, 0.25) is 5.91 Å². The third kappa shape index (κ3) is 4.07. The molecule has 2 amide bonds. The molecule has 0 radical (unpaired) electrons. The second-order valence-corrected chi connectivity index (χ2v) is 6.78. The monoisotopic (exact) mass is 374 g/mol. The third-order valence-electron chi connectivity index (χ3n) is 4.56. The Kier molecular flexibility index (Phi) is 5.93. The highest BCUT2D eigenvalue weighted by molar-refractivity contribution is 6.30. The molecule has 0 spiro atoms. The van der Waals surface area contributed by atoms with Gasteiger partial charge in [0.25, 0.3) is 5.91 Å². The van der Waals surface area contributed by atoms with Crippen LogP contribution in [0.5, 0.6) is 0 Å². The number of nitrogens with one attached hydrogen (secondary N) is 1. The van der Waals surface area contributed by atoms with E-state index in [1.54, 1.807) is 16.9 Å². The number of carbonyl (C=O) groups is 2. The first kappa shape index (κ1) is 18.5. The number of benzene rings is 1. The topological polar surface area (TPSA) is 67.2 Å². The minimum absolute atomic E-state index is 0.136. The van der Waals surface area contributed by atoms with Crippen molar-refractivity contribution in [3.8, 4) is 5.69 Å². The second-order valence-electron chi connectivity index (χ2n) is 6.34. The van der Waals surface area contributed by atoms with E-state index in [-0.39, 0.29) is 11.8 Å². The molecule has 0 aliphatic carbocycles. The maximum atomic E-state index is 12.5. The molecule has 0 saturated carbocycles. The van der Waals surface area contributed by atoms with Crippen molar-refractivity contribution in [2.24, 2.45) is 0 Å². The molecule has 2 heterocycles. The molecular weight excluding hydrogens is 352 g/mol. The summed E-state index contributed by atoms with van der Waals surface area (Å²) in [6, 6.07) is 7.40. The quantitative estimate of drug-likeness (QED) is 0.758. The summed E-state index contributed by atoms with van der Waals surface area (Å²) in [6.45, 7) is 4.06. The van der Waals surface area contributed by atoms with Crippen molar-refractivity contribution < 1.29 is 9.59 Å². The minimum Gasteiger partial charge on any atom is -0.352 e. The van der Waals surface area contributed by atoms with Gasteiger partial charge in [0.05, 0.1) is 23.1 Å². The van der Waals surface area contributed by atoms with Crippen molar-refractivity contribution in [2.45, 2.75) is 32.6 Å². The van der Waals surface area contributed by atoms with E-state index >= 15 is 0 Å². The first-order chi connectivity index (χ1) is 12.6. The number of nitrogens with zero attached hydrogens (tertiary/aromatic N) is 3. The number of carbonyl (C=O) groups excluding carboxylic acids is 2. The summed E-state index contributed by atoms with van der Waals surface area (Å²) in [5, 5.41) is 7.92. The summed E-state index contributed by atoms with van der Waals surface area (Å²) in [7, 11) is 0.